The minimum atomic E-state index is -1.07. The Kier molecular flexibility index (Phi) is 9.55. The van der Waals surface area contributed by atoms with Crippen LogP contribution in [0.1, 0.15) is 60.1 Å². The summed E-state index contributed by atoms with van der Waals surface area (Å²) in [5.41, 5.74) is 0.558. The highest BCUT2D eigenvalue weighted by Crippen LogP contribution is 2.35. The third kappa shape index (κ3) is 7.45. The van der Waals surface area contributed by atoms with Gasteiger partial charge in [-0.15, -0.1) is 22.7 Å². The lowest BCUT2D eigenvalue weighted by molar-refractivity contribution is -0.137. The van der Waals surface area contributed by atoms with Gasteiger partial charge in [-0.1, -0.05) is 31.9 Å². The Morgan fingerprint density at radius 1 is 1.05 bits per heavy atom. The number of carboxylic acid groups (broad SMARTS) is 1. The van der Waals surface area contributed by atoms with Crippen molar-refractivity contribution in [3.8, 4) is 11.5 Å². The zero-order valence-corrected chi connectivity index (χ0v) is 22.5. The summed E-state index contributed by atoms with van der Waals surface area (Å²) >= 11 is 3.07. The molecule has 202 valence electrons. The third-order valence-electron chi connectivity index (χ3n) is 6.02. The van der Waals surface area contributed by atoms with Crippen molar-refractivity contribution in [3.05, 3.63) is 62.7 Å². The number of nitrogens with zero attached hydrogens (tertiary/aromatic N) is 1. The van der Waals surface area contributed by atoms with E-state index in [0.717, 1.165) is 22.7 Å². The number of hydrogen-bond donors (Lipinski definition) is 4. The van der Waals surface area contributed by atoms with Crippen LogP contribution in [0.3, 0.4) is 0 Å². The van der Waals surface area contributed by atoms with Gasteiger partial charge in [0.25, 0.3) is 0 Å². The maximum atomic E-state index is 13.4. The van der Waals surface area contributed by atoms with Crippen molar-refractivity contribution < 1.29 is 29.0 Å². The van der Waals surface area contributed by atoms with Crippen LogP contribution in [0.15, 0.2) is 47.3 Å². The van der Waals surface area contributed by atoms with E-state index in [4.69, 9.17) is 9.47 Å². The molecule has 2 aromatic heterocycles. The second kappa shape index (κ2) is 13.2. The maximum absolute atomic E-state index is 13.4. The number of urea groups is 1. The molecule has 0 radical (unpaired) electrons. The lowest BCUT2D eigenvalue weighted by atomic mass is 10.0. The minimum absolute atomic E-state index is 0.0829. The standard InChI is InChI=1S/C26H30N4O6S2/c1-2-3-5-17(25(33)28-19(22-6-4-10-37-22)13-23-27-9-11-38-23)29-26(34)30-18(14-24(31)32)16-7-8-20-21(12-16)36-15-35-20/h4,6-12,17-19H,2-3,5,13-15H2,1H3,(H,28,33)(H,31,32)(H2,29,30,34)/t17?,18-,19-/m0/s1. The molecule has 12 heteroatoms. The molecule has 10 nitrogen and oxygen atoms in total. The van der Waals surface area contributed by atoms with Gasteiger partial charge in [0, 0.05) is 22.9 Å². The summed E-state index contributed by atoms with van der Waals surface area (Å²) in [6, 6.07) is 6.38. The van der Waals surface area contributed by atoms with Crippen molar-refractivity contribution in [2.45, 2.75) is 57.2 Å². The van der Waals surface area contributed by atoms with E-state index in [1.807, 2.05) is 29.8 Å². The van der Waals surface area contributed by atoms with Crippen LogP contribution in [-0.2, 0) is 16.0 Å². The number of amides is 3. The van der Waals surface area contributed by atoms with Crippen LogP contribution in [0.25, 0.3) is 0 Å². The number of ether oxygens (including phenoxy) is 2. The molecule has 0 bridgehead atoms. The Bertz CT molecular complexity index is 1220. The highest BCUT2D eigenvalue weighted by molar-refractivity contribution is 7.10. The summed E-state index contributed by atoms with van der Waals surface area (Å²) in [5, 5.41) is 22.8. The largest absolute Gasteiger partial charge is 0.481 e. The molecular formula is C26H30N4O6S2. The van der Waals surface area contributed by atoms with Crippen molar-refractivity contribution in [3.63, 3.8) is 0 Å². The van der Waals surface area contributed by atoms with E-state index < -0.39 is 24.1 Å². The van der Waals surface area contributed by atoms with Crippen LogP contribution in [-0.4, -0.2) is 40.8 Å². The first-order valence-corrected chi connectivity index (χ1v) is 14.1. The molecule has 3 heterocycles. The molecule has 1 unspecified atom stereocenters. The monoisotopic (exact) mass is 558 g/mol. The van der Waals surface area contributed by atoms with Gasteiger partial charge in [-0.05, 0) is 35.6 Å². The van der Waals surface area contributed by atoms with E-state index in [9.17, 15) is 19.5 Å². The Morgan fingerprint density at radius 3 is 2.61 bits per heavy atom. The summed E-state index contributed by atoms with van der Waals surface area (Å²) in [5.74, 6) is -0.336. The Balaban J connectivity index is 1.45. The fourth-order valence-corrected chi connectivity index (χ4v) is 5.55. The van der Waals surface area contributed by atoms with E-state index >= 15 is 0 Å². The van der Waals surface area contributed by atoms with E-state index in [1.54, 1.807) is 35.7 Å². The number of carbonyl (C=O) groups excluding carboxylic acids is 2. The number of benzene rings is 1. The quantitative estimate of drug-likeness (QED) is 0.244. The molecule has 3 aromatic rings. The zero-order chi connectivity index (χ0) is 26.9. The van der Waals surface area contributed by atoms with Gasteiger partial charge < -0.3 is 30.5 Å². The molecule has 0 saturated heterocycles. The smallest absolute Gasteiger partial charge is 0.315 e. The number of carboxylic acids is 1. The first kappa shape index (κ1) is 27.4. The second-order valence-electron chi connectivity index (χ2n) is 8.78. The van der Waals surface area contributed by atoms with Gasteiger partial charge in [0.2, 0.25) is 12.7 Å². The summed E-state index contributed by atoms with van der Waals surface area (Å²) in [7, 11) is 0. The first-order chi connectivity index (χ1) is 18.4. The van der Waals surface area contributed by atoms with Gasteiger partial charge in [0.15, 0.2) is 11.5 Å². The van der Waals surface area contributed by atoms with Gasteiger partial charge >= 0.3 is 12.0 Å². The molecule has 4 N–H and O–H groups in total. The van der Waals surface area contributed by atoms with Gasteiger partial charge in [-0.25, -0.2) is 9.78 Å². The fourth-order valence-electron chi connectivity index (χ4n) is 4.10. The summed E-state index contributed by atoms with van der Waals surface area (Å²) in [6.45, 7) is 2.09. The molecule has 0 aliphatic carbocycles. The van der Waals surface area contributed by atoms with Crippen LogP contribution in [0.5, 0.6) is 11.5 Å². The summed E-state index contributed by atoms with van der Waals surface area (Å²) in [6.07, 6.45) is 3.96. The van der Waals surface area contributed by atoms with Crippen LogP contribution < -0.4 is 25.4 Å². The molecule has 1 aliphatic rings. The molecule has 4 rings (SSSR count). The molecular weight excluding hydrogens is 528 g/mol. The van der Waals surface area contributed by atoms with E-state index in [1.165, 1.54) is 11.3 Å². The Labute approximate surface area is 228 Å². The second-order valence-corrected chi connectivity index (χ2v) is 10.7. The minimum Gasteiger partial charge on any atom is -0.481 e. The number of thiophene rings is 1. The third-order valence-corrected chi connectivity index (χ3v) is 7.80. The molecule has 0 saturated carbocycles. The lowest BCUT2D eigenvalue weighted by Crippen LogP contribution is -2.51. The van der Waals surface area contributed by atoms with Crippen molar-refractivity contribution >= 4 is 40.6 Å². The molecule has 0 spiro atoms. The normalized spacial score (nSPS) is 14.3. The number of aliphatic carboxylic acids is 1. The van der Waals surface area contributed by atoms with Crippen molar-refractivity contribution in [2.24, 2.45) is 0 Å². The van der Waals surface area contributed by atoms with E-state index in [-0.39, 0.29) is 25.2 Å². The molecule has 3 amide bonds. The van der Waals surface area contributed by atoms with Gasteiger partial charge in [0.05, 0.1) is 23.5 Å². The van der Waals surface area contributed by atoms with E-state index in [0.29, 0.717) is 29.9 Å². The van der Waals surface area contributed by atoms with Gasteiger partial charge in [-0.2, -0.15) is 0 Å². The number of thiazole rings is 1. The van der Waals surface area contributed by atoms with Gasteiger partial charge in [-0.3, -0.25) is 9.59 Å². The molecule has 3 atom stereocenters. The summed E-state index contributed by atoms with van der Waals surface area (Å²) in [4.78, 5) is 43.3. The highest BCUT2D eigenvalue weighted by atomic mass is 32.1. The molecule has 1 aliphatic heterocycles. The zero-order valence-electron chi connectivity index (χ0n) is 20.8. The van der Waals surface area contributed by atoms with Crippen molar-refractivity contribution in [1.82, 2.24) is 20.9 Å². The SMILES string of the molecule is CCCCC(NC(=O)N[C@@H](CC(=O)O)c1ccc2c(c1)OCO2)C(=O)N[C@@H](Cc1nccs1)c1cccs1. The number of carbonyl (C=O) groups is 3. The maximum Gasteiger partial charge on any atom is 0.315 e. The predicted octanol–water partition coefficient (Wildman–Crippen LogP) is 4.41. The number of unbranched alkanes of at least 4 members (excludes halogenated alkanes) is 1. The highest BCUT2D eigenvalue weighted by Gasteiger charge is 2.27. The average Bonchev–Trinajstić information content (AvgIpc) is 3.67. The number of aromatic nitrogens is 1. The number of hydrogen-bond acceptors (Lipinski definition) is 8. The fraction of sp³-hybridized carbons (Fsp3) is 0.385. The predicted molar refractivity (Wildman–Crippen MR) is 144 cm³/mol. The molecule has 38 heavy (non-hydrogen) atoms. The van der Waals surface area contributed by atoms with Gasteiger partial charge in [0.1, 0.15) is 6.04 Å². The summed E-state index contributed by atoms with van der Waals surface area (Å²) < 4.78 is 10.7. The average molecular weight is 559 g/mol. The lowest BCUT2D eigenvalue weighted by Gasteiger charge is -2.24. The number of rotatable bonds is 13. The molecule has 1 aromatic carbocycles. The Hall–Kier alpha value is -3.64. The van der Waals surface area contributed by atoms with Crippen LogP contribution in [0, 0.1) is 0 Å². The number of fused-ring (bicyclic) bond motifs is 1. The van der Waals surface area contributed by atoms with Crippen molar-refractivity contribution in [1.29, 1.82) is 0 Å². The van der Waals surface area contributed by atoms with Crippen LogP contribution in [0.4, 0.5) is 4.79 Å². The first-order valence-electron chi connectivity index (χ1n) is 12.3. The Morgan fingerprint density at radius 2 is 1.89 bits per heavy atom. The number of nitrogens with one attached hydrogen (secondary N) is 3. The molecule has 0 fully saturated rings. The van der Waals surface area contributed by atoms with Crippen LogP contribution in [0.2, 0.25) is 0 Å². The van der Waals surface area contributed by atoms with Crippen LogP contribution >= 0.6 is 22.7 Å². The van der Waals surface area contributed by atoms with Crippen molar-refractivity contribution in [2.75, 3.05) is 6.79 Å². The van der Waals surface area contributed by atoms with E-state index in [2.05, 4.69) is 20.9 Å². The topological polar surface area (TPSA) is 139 Å².